The summed E-state index contributed by atoms with van der Waals surface area (Å²) in [4.78, 5) is 10.8. The monoisotopic (exact) mass is 178 g/mol. The lowest BCUT2D eigenvalue weighted by atomic mass is 9.86. The van der Waals surface area contributed by atoms with Crippen LogP contribution in [0.25, 0.3) is 0 Å². The van der Waals surface area contributed by atoms with Gasteiger partial charge in [0, 0.05) is 0 Å². The van der Waals surface area contributed by atoms with Gasteiger partial charge in [-0.3, -0.25) is 4.79 Å². The van der Waals surface area contributed by atoms with E-state index in [9.17, 15) is 4.79 Å². The van der Waals surface area contributed by atoms with E-state index in [0.717, 1.165) is 0 Å². The summed E-state index contributed by atoms with van der Waals surface area (Å²) in [5.41, 5.74) is 0. The van der Waals surface area contributed by atoms with Crippen LogP contribution in [0, 0.1) is 0 Å². The number of carbonyl (C=O) groups excluding carboxylic acids is 1. The van der Waals surface area contributed by atoms with Crippen molar-refractivity contribution in [1.82, 2.24) is 0 Å². The Bertz CT molecular complexity index is 174. The molecule has 1 fully saturated rings. The SMILES string of the molecule is O=C1C(O)[C@@H](O)C(O)C(O)[C@@H]1O. The molecule has 1 aliphatic carbocycles. The van der Waals surface area contributed by atoms with Crippen LogP contribution in [0.1, 0.15) is 0 Å². The number of hydrogen-bond acceptors (Lipinski definition) is 6. The molecule has 0 spiro atoms. The summed E-state index contributed by atoms with van der Waals surface area (Å²) in [6, 6.07) is 0. The molecule has 5 atom stereocenters. The maximum absolute atomic E-state index is 10.8. The van der Waals surface area contributed by atoms with Gasteiger partial charge in [0.15, 0.2) is 5.78 Å². The highest BCUT2D eigenvalue weighted by atomic mass is 16.4. The van der Waals surface area contributed by atoms with Gasteiger partial charge < -0.3 is 25.5 Å². The molecular weight excluding hydrogens is 168 g/mol. The highest BCUT2D eigenvalue weighted by molar-refractivity contribution is 5.89. The minimum absolute atomic E-state index is 1.08. The average Bonchev–Trinajstić information content (AvgIpc) is 2.08. The van der Waals surface area contributed by atoms with E-state index in [1.54, 1.807) is 0 Å². The summed E-state index contributed by atoms with van der Waals surface area (Å²) in [6.45, 7) is 0. The van der Waals surface area contributed by atoms with E-state index in [1.807, 2.05) is 0 Å². The average molecular weight is 178 g/mol. The second kappa shape index (κ2) is 3.08. The minimum atomic E-state index is -1.83. The Kier molecular flexibility index (Phi) is 2.45. The number of aliphatic hydroxyl groups excluding tert-OH is 5. The van der Waals surface area contributed by atoms with E-state index in [-0.39, 0.29) is 0 Å². The first kappa shape index (κ1) is 9.56. The zero-order valence-electron chi connectivity index (χ0n) is 6.03. The van der Waals surface area contributed by atoms with Gasteiger partial charge in [-0.15, -0.1) is 0 Å². The van der Waals surface area contributed by atoms with Gasteiger partial charge in [0.25, 0.3) is 0 Å². The van der Waals surface area contributed by atoms with E-state index >= 15 is 0 Å². The van der Waals surface area contributed by atoms with Gasteiger partial charge in [-0.05, 0) is 0 Å². The lowest BCUT2D eigenvalue weighted by Gasteiger charge is -2.34. The number of Topliss-reactive ketones (excluding diaryl/α,β-unsaturated/α-hetero) is 1. The van der Waals surface area contributed by atoms with Crippen LogP contribution in [0.4, 0.5) is 0 Å². The van der Waals surface area contributed by atoms with Crippen molar-refractivity contribution in [3.8, 4) is 0 Å². The molecule has 0 amide bonds. The van der Waals surface area contributed by atoms with E-state index in [2.05, 4.69) is 0 Å². The van der Waals surface area contributed by atoms with Gasteiger partial charge >= 0.3 is 0 Å². The Morgan fingerprint density at radius 3 is 1.42 bits per heavy atom. The molecule has 12 heavy (non-hydrogen) atoms. The van der Waals surface area contributed by atoms with Crippen LogP contribution in [0.5, 0.6) is 0 Å². The zero-order valence-corrected chi connectivity index (χ0v) is 6.03. The number of ketones is 1. The molecule has 0 bridgehead atoms. The van der Waals surface area contributed by atoms with Crippen molar-refractivity contribution in [2.24, 2.45) is 0 Å². The van der Waals surface area contributed by atoms with Crippen molar-refractivity contribution in [1.29, 1.82) is 0 Å². The fraction of sp³-hybridized carbons (Fsp3) is 0.833. The van der Waals surface area contributed by atoms with Crippen molar-refractivity contribution in [2.45, 2.75) is 30.5 Å². The minimum Gasteiger partial charge on any atom is -0.387 e. The quantitative estimate of drug-likeness (QED) is 0.261. The summed E-state index contributed by atoms with van der Waals surface area (Å²) >= 11 is 0. The molecule has 5 N–H and O–H groups in total. The number of rotatable bonds is 0. The van der Waals surface area contributed by atoms with E-state index in [1.165, 1.54) is 0 Å². The molecule has 6 nitrogen and oxygen atoms in total. The molecule has 70 valence electrons. The first-order valence-corrected chi connectivity index (χ1v) is 3.41. The maximum Gasteiger partial charge on any atom is 0.195 e. The molecule has 0 radical (unpaired) electrons. The van der Waals surface area contributed by atoms with E-state index < -0.39 is 36.3 Å². The molecule has 0 aromatic heterocycles. The van der Waals surface area contributed by atoms with Crippen LogP contribution in [0.3, 0.4) is 0 Å². The molecule has 1 aliphatic rings. The molecule has 0 aromatic carbocycles. The summed E-state index contributed by atoms with van der Waals surface area (Å²) in [5.74, 6) is -1.08. The third-order valence-electron chi connectivity index (χ3n) is 1.93. The van der Waals surface area contributed by atoms with Gasteiger partial charge in [-0.2, -0.15) is 0 Å². The van der Waals surface area contributed by atoms with Gasteiger partial charge in [0.05, 0.1) is 0 Å². The first-order chi connectivity index (χ1) is 5.46. The molecular formula is C6H10O6. The summed E-state index contributed by atoms with van der Waals surface area (Å²) in [6.07, 6.45) is -8.85. The van der Waals surface area contributed by atoms with Crippen LogP contribution in [0.2, 0.25) is 0 Å². The lowest BCUT2D eigenvalue weighted by Crippen LogP contribution is -2.61. The molecule has 6 heteroatoms. The second-order valence-corrected chi connectivity index (χ2v) is 2.76. The van der Waals surface area contributed by atoms with E-state index in [4.69, 9.17) is 25.5 Å². The summed E-state index contributed by atoms with van der Waals surface area (Å²) < 4.78 is 0. The largest absolute Gasteiger partial charge is 0.387 e. The smallest absolute Gasteiger partial charge is 0.195 e. The molecule has 1 saturated carbocycles. The summed E-state index contributed by atoms with van der Waals surface area (Å²) in [5, 5.41) is 44.5. The fourth-order valence-corrected chi connectivity index (χ4v) is 1.09. The highest BCUT2D eigenvalue weighted by Gasteiger charge is 2.47. The Labute approximate surface area is 67.7 Å². The maximum atomic E-state index is 10.8. The van der Waals surface area contributed by atoms with Crippen molar-refractivity contribution in [3.63, 3.8) is 0 Å². The fourth-order valence-electron chi connectivity index (χ4n) is 1.09. The van der Waals surface area contributed by atoms with Crippen molar-refractivity contribution >= 4 is 5.78 Å². The molecule has 1 rings (SSSR count). The normalized spacial score (nSPS) is 49.4. The zero-order chi connectivity index (χ0) is 9.46. The van der Waals surface area contributed by atoms with E-state index in [0.29, 0.717) is 0 Å². The van der Waals surface area contributed by atoms with Crippen LogP contribution in [-0.4, -0.2) is 61.8 Å². The highest BCUT2D eigenvalue weighted by Crippen LogP contribution is 2.17. The number of aliphatic hydroxyl groups is 5. The topological polar surface area (TPSA) is 118 Å². The predicted molar refractivity (Wildman–Crippen MR) is 35.0 cm³/mol. The molecule has 0 saturated heterocycles. The lowest BCUT2D eigenvalue weighted by molar-refractivity contribution is -0.185. The second-order valence-electron chi connectivity index (χ2n) is 2.76. The van der Waals surface area contributed by atoms with Crippen LogP contribution in [0.15, 0.2) is 0 Å². The van der Waals surface area contributed by atoms with Gasteiger partial charge in [-0.1, -0.05) is 0 Å². The van der Waals surface area contributed by atoms with Gasteiger partial charge in [0.2, 0.25) is 0 Å². The molecule has 0 aliphatic heterocycles. The van der Waals surface area contributed by atoms with Crippen LogP contribution < -0.4 is 0 Å². The molecule has 3 unspecified atom stereocenters. The van der Waals surface area contributed by atoms with Gasteiger partial charge in [0.1, 0.15) is 30.5 Å². The standard InChI is InChI=1S/C6H10O6/c7-1-2(8)4(10)6(12)5(11)3(1)9/h1-5,7-11H/t1?,2-,3?,4?,5-/m0/s1. The summed E-state index contributed by atoms with van der Waals surface area (Å²) in [7, 11) is 0. The van der Waals surface area contributed by atoms with Crippen molar-refractivity contribution in [2.75, 3.05) is 0 Å². The molecule has 0 heterocycles. The number of carbonyl (C=O) groups is 1. The van der Waals surface area contributed by atoms with Crippen molar-refractivity contribution < 1.29 is 30.3 Å². The number of hydrogen-bond donors (Lipinski definition) is 5. The van der Waals surface area contributed by atoms with Crippen LogP contribution in [-0.2, 0) is 4.79 Å². The predicted octanol–water partition coefficient (Wildman–Crippen LogP) is -3.63. The Morgan fingerprint density at radius 1 is 0.750 bits per heavy atom. The third kappa shape index (κ3) is 1.23. The van der Waals surface area contributed by atoms with Gasteiger partial charge in [-0.25, -0.2) is 0 Å². The van der Waals surface area contributed by atoms with Crippen LogP contribution >= 0.6 is 0 Å². The molecule has 0 aromatic rings. The first-order valence-electron chi connectivity index (χ1n) is 3.41. The third-order valence-corrected chi connectivity index (χ3v) is 1.93. The Balaban J connectivity index is 2.83. The van der Waals surface area contributed by atoms with Crippen molar-refractivity contribution in [3.05, 3.63) is 0 Å². The Morgan fingerprint density at radius 2 is 1.08 bits per heavy atom. The Hall–Kier alpha value is -0.530.